The van der Waals surface area contributed by atoms with Gasteiger partial charge in [0.25, 0.3) is 0 Å². The van der Waals surface area contributed by atoms with Gasteiger partial charge < -0.3 is 14.5 Å². The largest absolute Gasteiger partial charge is 0.445 e. The number of fused-ring (bicyclic) bond motifs is 1. The molecular weight excluding hydrogens is 144 g/mol. The fraction of sp³-hybridized carbons (Fsp3) is 0.286. The van der Waals surface area contributed by atoms with E-state index in [0.717, 1.165) is 5.52 Å². The van der Waals surface area contributed by atoms with Crippen molar-refractivity contribution >= 4 is 11.2 Å². The van der Waals surface area contributed by atoms with Gasteiger partial charge in [-0.2, -0.15) is 4.98 Å². The van der Waals surface area contributed by atoms with Crippen LogP contribution in [0.15, 0.2) is 16.7 Å². The van der Waals surface area contributed by atoms with E-state index in [1.165, 1.54) is 0 Å². The highest BCUT2D eigenvalue weighted by Crippen LogP contribution is 2.15. The van der Waals surface area contributed by atoms with Gasteiger partial charge in [-0.25, -0.2) is 0 Å². The van der Waals surface area contributed by atoms with Crippen molar-refractivity contribution in [1.82, 2.24) is 9.97 Å². The number of nitrogens with zero attached hydrogens (tertiary/aromatic N) is 1. The molecule has 0 aliphatic rings. The van der Waals surface area contributed by atoms with Gasteiger partial charge in [0.15, 0.2) is 0 Å². The molecule has 58 valence electrons. The minimum atomic E-state index is -0.572. The zero-order valence-electron chi connectivity index (χ0n) is 6.03. The minimum absolute atomic E-state index is 0.541. The zero-order valence-corrected chi connectivity index (χ0v) is 6.03. The van der Waals surface area contributed by atoms with Gasteiger partial charge in [0.05, 0.1) is 6.26 Å². The molecule has 4 heteroatoms. The Morgan fingerprint density at radius 3 is 3.18 bits per heavy atom. The molecular formula is C7H8N2O2. The third kappa shape index (κ3) is 0.914. The molecule has 11 heavy (non-hydrogen) atoms. The van der Waals surface area contributed by atoms with Crippen molar-refractivity contribution in [2.45, 2.75) is 13.0 Å². The van der Waals surface area contributed by atoms with E-state index >= 15 is 0 Å². The number of hydrogen-bond acceptors (Lipinski definition) is 3. The smallest absolute Gasteiger partial charge is 0.244 e. The molecule has 0 spiro atoms. The van der Waals surface area contributed by atoms with Crippen LogP contribution in [-0.4, -0.2) is 15.1 Å². The summed E-state index contributed by atoms with van der Waals surface area (Å²) in [5.41, 5.74) is 1.36. The summed E-state index contributed by atoms with van der Waals surface area (Å²) in [7, 11) is 0. The Morgan fingerprint density at radius 2 is 2.55 bits per heavy atom. The van der Waals surface area contributed by atoms with Gasteiger partial charge in [-0.05, 0) is 6.92 Å². The van der Waals surface area contributed by atoms with Gasteiger partial charge in [0.2, 0.25) is 5.71 Å². The summed E-state index contributed by atoms with van der Waals surface area (Å²) < 4.78 is 5.00. The maximum atomic E-state index is 9.11. The molecule has 2 aromatic rings. The zero-order chi connectivity index (χ0) is 7.84. The van der Waals surface area contributed by atoms with Crippen LogP contribution in [0.1, 0.15) is 18.9 Å². The first kappa shape index (κ1) is 6.42. The lowest BCUT2D eigenvalue weighted by molar-refractivity contribution is 0.190. The second-order valence-electron chi connectivity index (χ2n) is 2.44. The van der Waals surface area contributed by atoms with Gasteiger partial charge in [0, 0.05) is 6.07 Å². The number of aromatic nitrogens is 2. The van der Waals surface area contributed by atoms with Gasteiger partial charge in [-0.1, -0.05) is 0 Å². The van der Waals surface area contributed by atoms with Gasteiger partial charge in [0.1, 0.15) is 17.4 Å². The molecule has 0 bridgehead atoms. The summed E-state index contributed by atoms with van der Waals surface area (Å²) in [5, 5.41) is 9.11. The van der Waals surface area contributed by atoms with E-state index < -0.39 is 6.10 Å². The average molecular weight is 152 g/mol. The molecule has 0 saturated carbocycles. The average Bonchev–Trinajstić information content (AvgIpc) is 2.40. The van der Waals surface area contributed by atoms with Crippen LogP contribution in [0.3, 0.4) is 0 Å². The molecule has 4 nitrogen and oxygen atoms in total. The summed E-state index contributed by atoms with van der Waals surface area (Å²) in [6.07, 6.45) is 0.984. The Morgan fingerprint density at radius 1 is 1.73 bits per heavy atom. The standard InChI is InChI=1S/C7H8N2O2/c1-4(10)6-8-5-2-3-11-7(5)9-6/h2-4,10H,1H3,(H,8,9). The van der Waals surface area contributed by atoms with Crippen molar-refractivity contribution in [1.29, 1.82) is 0 Å². The topological polar surface area (TPSA) is 62.1 Å². The van der Waals surface area contributed by atoms with Crippen molar-refractivity contribution in [3.8, 4) is 0 Å². The first-order valence-corrected chi connectivity index (χ1v) is 3.38. The number of aliphatic hydroxyl groups is 1. The highest BCUT2D eigenvalue weighted by atomic mass is 16.3. The second kappa shape index (κ2) is 2.10. The number of aromatic amines is 1. The van der Waals surface area contributed by atoms with E-state index in [1.54, 1.807) is 19.3 Å². The lowest BCUT2D eigenvalue weighted by Crippen LogP contribution is -1.92. The van der Waals surface area contributed by atoms with Crippen molar-refractivity contribution in [3.63, 3.8) is 0 Å². The van der Waals surface area contributed by atoms with Gasteiger partial charge >= 0.3 is 0 Å². The molecule has 0 aliphatic heterocycles. The number of hydrogen-bond donors (Lipinski definition) is 2. The van der Waals surface area contributed by atoms with E-state index in [0.29, 0.717) is 11.5 Å². The highest BCUT2D eigenvalue weighted by molar-refractivity contribution is 5.68. The Hall–Kier alpha value is -1.29. The maximum Gasteiger partial charge on any atom is 0.244 e. The quantitative estimate of drug-likeness (QED) is 0.645. The fourth-order valence-electron chi connectivity index (χ4n) is 0.956. The Bertz CT molecular complexity index is 333. The van der Waals surface area contributed by atoms with Crippen LogP contribution in [-0.2, 0) is 0 Å². The normalized spacial score (nSPS) is 14.0. The second-order valence-corrected chi connectivity index (χ2v) is 2.44. The Balaban J connectivity index is 2.58. The predicted molar refractivity (Wildman–Crippen MR) is 39.0 cm³/mol. The Kier molecular flexibility index (Phi) is 1.22. The number of nitrogens with one attached hydrogen (secondary N) is 1. The van der Waals surface area contributed by atoms with Crippen LogP contribution in [0, 0.1) is 0 Å². The van der Waals surface area contributed by atoms with Crippen LogP contribution < -0.4 is 0 Å². The summed E-state index contributed by atoms with van der Waals surface area (Å²) in [6, 6.07) is 1.77. The van der Waals surface area contributed by atoms with Crippen LogP contribution in [0.2, 0.25) is 0 Å². The molecule has 0 fully saturated rings. The molecule has 2 rings (SSSR count). The molecule has 2 heterocycles. The third-order valence-corrected chi connectivity index (χ3v) is 1.53. The molecule has 0 saturated heterocycles. The molecule has 2 N–H and O–H groups in total. The lowest BCUT2D eigenvalue weighted by atomic mass is 10.4. The molecule has 2 aromatic heterocycles. The SMILES string of the molecule is CC(O)c1nc2occc2[nH]1. The highest BCUT2D eigenvalue weighted by Gasteiger charge is 2.08. The number of rotatable bonds is 1. The van der Waals surface area contributed by atoms with Crippen molar-refractivity contribution in [2.24, 2.45) is 0 Å². The minimum Gasteiger partial charge on any atom is -0.445 e. The summed E-state index contributed by atoms with van der Waals surface area (Å²) >= 11 is 0. The van der Waals surface area contributed by atoms with Crippen molar-refractivity contribution in [3.05, 3.63) is 18.2 Å². The number of aliphatic hydroxyl groups excluding tert-OH is 1. The molecule has 0 amide bonds. The van der Waals surface area contributed by atoms with Gasteiger partial charge in [-0.3, -0.25) is 0 Å². The molecule has 1 atom stereocenters. The molecule has 1 unspecified atom stereocenters. The van der Waals surface area contributed by atoms with Crippen LogP contribution in [0.4, 0.5) is 0 Å². The Labute approximate surface area is 62.9 Å². The molecule has 0 aliphatic carbocycles. The summed E-state index contributed by atoms with van der Waals surface area (Å²) in [4.78, 5) is 6.92. The van der Waals surface area contributed by atoms with Gasteiger partial charge in [-0.15, -0.1) is 0 Å². The molecule has 0 aromatic carbocycles. The van der Waals surface area contributed by atoms with Crippen molar-refractivity contribution < 1.29 is 9.52 Å². The van der Waals surface area contributed by atoms with E-state index in [1.807, 2.05) is 0 Å². The van der Waals surface area contributed by atoms with E-state index in [-0.39, 0.29) is 0 Å². The number of imidazole rings is 1. The first-order valence-electron chi connectivity index (χ1n) is 3.38. The molecule has 0 radical (unpaired) electrons. The first-order chi connectivity index (χ1) is 5.27. The lowest BCUT2D eigenvalue weighted by Gasteiger charge is -1.94. The fourth-order valence-corrected chi connectivity index (χ4v) is 0.956. The van der Waals surface area contributed by atoms with Crippen LogP contribution in [0.5, 0.6) is 0 Å². The van der Waals surface area contributed by atoms with Crippen molar-refractivity contribution in [2.75, 3.05) is 0 Å². The number of H-pyrrole nitrogens is 1. The van der Waals surface area contributed by atoms with Crippen LogP contribution >= 0.6 is 0 Å². The van der Waals surface area contributed by atoms with E-state index in [9.17, 15) is 0 Å². The monoisotopic (exact) mass is 152 g/mol. The van der Waals surface area contributed by atoms with E-state index in [4.69, 9.17) is 9.52 Å². The maximum absolute atomic E-state index is 9.11. The predicted octanol–water partition coefficient (Wildman–Crippen LogP) is 1.21. The number of furan rings is 1. The van der Waals surface area contributed by atoms with E-state index in [2.05, 4.69) is 9.97 Å². The summed E-state index contributed by atoms with van der Waals surface area (Å²) in [6.45, 7) is 1.65. The van der Waals surface area contributed by atoms with Crippen LogP contribution in [0.25, 0.3) is 11.2 Å². The third-order valence-electron chi connectivity index (χ3n) is 1.53. The summed E-state index contributed by atoms with van der Waals surface area (Å²) in [5.74, 6) is 0.541.